The van der Waals surface area contributed by atoms with E-state index in [-0.39, 0.29) is 12.6 Å². The molecule has 0 saturated heterocycles. The summed E-state index contributed by atoms with van der Waals surface area (Å²) >= 11 is 0. The zero-order valence-corrected chi connectivity index (χ0v) is 11.5. The second kappa shape index (κ2) is 6.54. The monoisotopic (exact) mass is 287 g/mol. The highest BCUT2D eigenvalue weighted by Gasteiger charge is 2.12. The number of aromatic nitrogens is 2. The van der Waals surface area contributed by atoms with Crippen LogP contribution in [0.1, 0.15) is 21.8 Å². The second-order valence-electron chi connectivity index (χ2n) is 3.96. The average Bonchev–Trinajstić information content (AvgIpc) is 2.89. The number of benzene rings is 1. The SMILES string of the molecule is COc1ccc(C(=O)Nc2nnc(C)o2)cc1C#CCO. The molecule has 21 heavy (non-hydrogen) atoms. The van der Waals surface area contributed by atoms with Gasteiger partial charge in [-0.3, -0.25) is 10.1 Å². The smallest absolute Gasteiger partial charge is 0.322 e. The first kappa shape index (κ1) is 14.6. The fourth-order valence-electron chi connectivity index (χ4n) is 1.60. The van der Waals surface area contributed by atoms with E-state index in [9.17, 15) is 4.79 Å². The van der Waals surface area contributed by atoms with E-state index in [2.05, 4.69) is 27.4 Å². The van der Waals surface area contributed by atoms with Crippen LogP contribution in [0.5, 0.6) is 5.75 Å². The lowest BCUT2D eigenvalue weighted by Crippen LogP contribution is -2.12. The Balaban J connectivity index is 2.24. The molecule has 0 aliphatic carbocycles. The van der Waals surface area contributed by atoms with Gasteiger partial charge in [0.2, 0.25) is 5.89 Å². The number of carbonyl (C=O) groups excluding carboxylic acids is 1. The van der Waals surface area contributed by atoms with Gasteiger partial charge in [-0.2, -0.15) is 0 Å². The summed E-state index contributed by atoms with van der Waals surface area (Å²) in [5.74, 6) is 5.69. The molecule has 7 heteroatoms. The Hall–Kier alpha value is -2.85. The molecular formula is C14H13N3O4. The van der Waals surface area contributed by atoms with Crippen LogP contribution in [-0.2, 0) is 0 Å². The highest BCUT2D eigenvalue weighted by atomic mass is 16.5. The lowest BCUT2D eigenvalue weighted by atomic mass is 10.1. The molecule has 2 N–H and O–H groups in total. The van der Waals surface area contributed by atoms with Gasteiger partial charge in [0.1, 0.15) is 12.4 Å². The minimum atomic E-state index is -0.409. The van der Waals surface area contributed by atoms with E-state index in [1.54, 1.807) is 25.1 Å². The molecule has 0 aliphatic heterocycles. The largest absolute Gasteiger partial charge is 0.495 e. The Morgan fingerprint density at radius 3 is 2.90 bits per heavy atom. The highest BCUT2D eigenvalue weighted by molar-refractivity contribution is 6.03. The molecule has 1 aromatic heterocycles. The number of methoxy groups -OCH3 is 1. The first-order valence-corrected chi connectivity index (χ1v) is 6.03. The molecule has 0 aliphatic rings. The molecular weight excluding hydrogens is 274 g/mol. The number of amides is 1. The third-order valence-corrected chi connectivity index (χ3v) is 2.51. The van der Waals surface area contributed by atoms with Crippen molar-refractivity contribution < 1.29 is 19.1 Å². The van der Waals surface area contributed by atoms with Gasteiger partial charge in [0.05, 0.1) is 12.7 Å². The first-order chi connectivity index (χ1) is 10.1. The molecule has 0 radical (unpaired) electrons. The van der Waals surface area contributed by atoms with Crippen LogP contribution in [0.4, 0.5) is 6.01 Å². The third kappa shape index (κ3) is 3.58. The standard InChI is InChI=1S/C14H13N3O4/c1-9-16-17-14(21-9)15-13(19)11-5-6-12(20-2)10(8-11)4-3-7-18/h5-6,8,18H,7H2,1-2H3,(H,15,17,19). The number of anilines is 1. The van der Waals surface area contributed by atoms with Crippen molar-refractivity contribution in [2.75, 3.05) is 19.0 Å². The molecule has 2 aromatic rings. The van der Waals surface area contributed by atoms with Gasteiger partial charge in [-0.05, 0) is 18.2 Å². The van der Waals surface area contributed by atoms with Crippen LogP contribution in [-0.4, -0.2) is 34.9 Å². The van der Waals surface area contributed by atoms with Gasteiger partial charge in [0.25, 0.3) is 5.91 Å². The van der Waals surface area contributed by atoms with Crippen molar-refractivity contribution in [1.29, 1.82) is 0 Å². The number of rotatable bonds is 3. The van der Waals surface area contributed by atoms with E-state index < -0.39 is 5.91 Å². The summed E-state index contributed by atoms with van der Waals surface area (Å²) in [6.07, 6.45) is 0. The van der Waals surface area contributed by atoms with Crippen LogP contribution in [0.3, 0.4) is 0 Å². The van der Waals surface area contributed by atoms with E-state index in [0.717, 1.165) is 0 Å². The second-order valence-corrected chi connectivity index (χ2v) is 3.96. The Morgan fingerprint density at radius 1 is 1.48 bits per heavy atom. The summed E-state index contributed by atoms with van der Waals surface area (Å²) < 4.78 is 10.2. The van der Waals surface area contributed by atoms with Gasteiger partial charge in [-0.25, -0.2) is 0 Å². The van der Waals surface area contributed by atoms with E-state index in [4.69, 9.17) is 14.3 Å². The average molecular weight is 287 g/mol. The molecule has 0 unspecified atom stereocenters. The van der Waals surface area contributed by atoms with E-state index in [1.807, 2.05) is 0 Å². The Kier molecular flexibility index (Phi) is 4.53. The molecule has 7 nitrogen and oxygen atoms in total. The van der Waals surface area contributed by atoms with E-state index >= 15 is 0 Å². The number of nitrogens with one attached hydrogen (secondary N) is 1. The van der Waals surface area contributed by atoms with Gasteiger partial charge < -0.3 is 14.3 Å². The number of aliphatic hydroxyl groups excluding tert-OH is 1. The van der Waals surface area contributed by atoms with Crippen molar-refractivity contribution in [3.05, 3.63) is 35.2 Å². The van der Waals surface area contributed by atoms with Gasteiger partial charge in [-0.1, -0.05) is 16.9 Å². The van der Waals surface area contributed by atoms with Gasteiger partial charge in [0.15, 0.2) is 0 Å². The van der Waals surface area contributed by atoms with Crippen molar-refractivity contribution in [2.45, 2.75) is 6.92 Å². The Morgan fingerprint density at radius 2 is 2.29 bits per heavy atom. The summed E-state index contributed by atoms with van der Waals surface area (Å²) in [6, 6.07) is 4.79. The molecule has 0 spiro atoms. The van der Waals surface area contributed by atoms with Crippen molar-refractivity contribution in [2.24, 2.45) is 0 Å². The lowest BCUT2D eigenvalue weighted by molar-refractivity contribution is 0.102. The topological polar surface area (TPSA) is 97.5 Å². The van der Waals surface area contributed by atoms with Crippen LogP contribution < -0.4 is 10.1 Å². The first-order valence-electron chi connectivity index (χ1n) is 6.03. The lowest BCUT2D eigenvalue weighted by Gasteiger charge is -2.06. The maximum Gasteiger partial charge on any atom is 0.322 e. The number of ether oxygens (including phenoxy) is 1. The number of aliphatic hydroxyl groups is 1. The molecule has 2 rings (SSSR count). The number of aryl methyl sites for hydroxylation is 1. The van der Waals surface area contributed by atoms with Crippen LogP contribution >= 0.6 is 0 Å². The number of nitrogens with zero attached hydrogens (tertiary/aromatic N) is 2. The number of hydrogen-bond donors (Lipinski definition) is 2. The predicted molar refractivity (Wildman–Crippen MR) is 73.9 cm³/mol. The van der Waals surface area contributed by atoms with E-state index in [1.165, 1.54) is 7.11 Å². The molecule has 0 atom stereocenters. The van der Waals surface area contributed by atoms with Crippen molar-refractivity contribution in [3.8, 4) is 17.6 Å². The zero-order valence-electron chi connectivity index (χ0n) is 11.5. The molecule has 1 amide bonds. The molecule has 0 fully saturated rings. The number of hydrogen-bond acceptors (Lipinski definition) is 6. The van der Waals surface area contributed by atoms with Crippen LogP contribution in [0, 0.1) is 18.8 Å². The van der Waals surface area contributed by atoms with Gasteiger partial charge >= 0.3 is 6.01 Å². The quantitative estimate of drug-likeness (QED) is 0.817. The maximum absolute atomic E-state index is 12.1. The minimum Gasteiger partial charge on any atom is -0.495 e. The zero-order chi connectivity index (χ0) is 15.2. The number of carbonyl (C=O) groups is 1. The molecule has 1 aromatic carbocycles. The molecule has 0 saturated carbocycles. The van der Waals surface area contributed by atoms with Crippen LogP contribution in [0.2, 0.25) is 0 Å². The summed E-state index contributed by atoms with van der Waals surface area (Å²) in [4.78, 5) is 12.1. The van der Waals surface area contributed by atoms with Crippen molar-refractivity contribution >= 4 is 11.9 Å². The molecule has 1 heterocycles. The van der Waals surface area contributed by atoms with Crippen LogP contribution in [0.25, 0.3) is 0 Å². The van der Waals surface area contributed by atoms with Crippen LogP contribution in [0.15, 0.2) is 22.6 Å². The van der Waals surface area contributed by atoms with Crippen molar-refractivity contribution in [1.82, 2.24) is 10.2 Å². The maximum atomic E-state index is 12.1. The minimum absolute atomic E-state index is 0.0244. The Labute approximate surface area is 120 Å². The molecule has 108 valence electrons. The van der Waals surface area contributed by atoms with Crippen molar-refractivity contribution in [3.63, 3.8) is 0 Å². The fraction of sp³-hybridized carbons (Fsp3) is 0.214. The molecule has 0 bridgehead atoms. The van der Waals surface area contributed by atoms with Gasteiger partial charge in [-0.15, -0.1) is 5.10 Å². The van der Waals surface area contributed by atoms with E-state index in [0.29, 0.717) is 22.8 Å². The fourth-order valence-corrected chi connectivity index (χ4v) is 1.60. The summed E-state index contributed by atoms with van der Waals surface area (Å²) in [5, 5.41) is 18.5. The third-order valence-electron chi connectivity index (χ3n) is 2.51. The highest BCUT2D eigenvalue weighted by Crippen LogP contribution is 2.19. The summed E-state index contributed by atoms with van der Waals surface area (Å²) in [6.45, 7) is 1.35. The summed E-state index contributed by atoms with van der Waals surface area (Å²) in [5.41, 5.74) is 0.856. The predicted octanol–water partition coefficient (Wildman–Crippen LogP) is 0.983. The normalized spacial score (nSPS) is 9.67. The summed E-state index contributed by atoms with van der Waals surface area (Å²) in [7, 11) is 1.50. The van der Waals surface area contributed by atoms with Gasteiger partial charge in [0, 0.05) is 12.5 Å². The Bertz CT molecular complexity index is 712.